The van der Waals surface area contributed by atoms with Crippen molar-refractivity contribution in [3.05, 3.63) is 77.5 Å². The van der Waals surface area contributed by atoms with Crippen LogP contribution in [-0.4, -0.2) is 16.5 Å². The van der Waals surface area contributed by atoms with Crippen molar-refractivity contribution in [1.82, 2.24) is 9.97 Å². The van der Waals surface area contributed by atoms with E-state index in [2.05, 4.69) is 84.5 Å². The molecule has 0 aliphatic heterocycles. The third-order valence-corrected chi connectivity index (χ3v) is 4.57. The molecule has 1 heterocycles. The molecule has 3 rings (SSSR count). The zero-order valence-corrected chi connectivity index (χ0v) is 16.6. The van der Waals surface area contributed by atoms with Crippen molar-refractivity contribution in [2.24, 2.45) is 0 Å². The van der Waals surface area contributed by atoms with E-state index in [0.29, 0.717) is 5.92 Å². The van der Waals surface area contributed by atoms with Crippen LogP contribution in [0.2, 0.25) is 0 Å². The van der Waals surface area contributed by atoms with Gasteiger partial charge < -0.3 is 10.2 Å². The fraction of sp³-hybridized carbons (Fsp3) is 0.304. The highest BCUT2D eigenvalue weighted by Gasteiger charge is 2.11. The number of hydrogen-bond donors (Lipinski definition) is 1. The Labute approximate surface area is 162 Å². The van der Waals surface area contributed by atoms with Gasteiger partial charge in [0.25, 0.3) is 0 Å². The monoisotopic (exact) mass is 360 g/mol. The molecule has 0 unspecified atom stereocenters. The molecule has 0 fully saturated rings. The number of rotatable bonds is 7. The minimum atomic E-state index is 0.531. The molecule has 4 heteroatoms. The zero-order valence-electron chi connectivity index (χ0n) is 16.6. The first-order valence-electron chi connectivity index (χ1n) is 9.56. The molecule has 140 valence electrons. The Morgan fingerprint density at radius 1 is 0.963 bits per heavy atom. The molecule has 0 spiro atoms. The van der Waals surface area contributed by atoms with E-state index in [9.17, 15) is 0 Å². The van der Waals surface area contributed by atoms with E-state index in [1.165, 1.54) is 11.1 Å². The minimum absolute atomic E-state index is 0.531. The summed E-state index contributed by atoms with van der Waals surface area (Å²) in [5.74, 6) is 2.10. The van der Waals surface area contributed by atoms with Gasteiger partial charge in [-0.3, -0.25) is 0 Å². The van der Waals surface area contributed by atoms with Crippen molar-refractivity contribution in [3.63, 3.8) is 0 Å². The highest BCUT2D eigenvalue weighted by molar-refractivity contribution is 5.58. The Balaban J connectivity index is 1.80. The van der Waals surface area contributed by atoms with Gasteiger partial charge in [-0.15, -0.1) is 0 Å². The molecule has 0 amide bonds. The SMILES string of the molecule is CCN(Cc1ccccc1)c1nc(C)cc(Nc2ccc(C(C)C)cc2)n1. The van der Waals surface area contributed by atoms with Gasteiger partial charge >= 0.3 is 0 Å². The topological polar surface area (TPSA) is 41.1 Å². The predicted molar refractivity (Wildman–Crippen MR) is 114 cm³/mol. The largest absolute Gasteiger partial charge is 0.340 e. The fourth-order valence-electron chi connectivity index (χ4n) is 2.99. The van der Waals surface area contributed by atoms with Gasteiger partial charge in [-0.1, -0.05) is 56.3 Å². The number of benzene rings is 2. The van der Waals surface area contributed by atoms with Crippen molar-refractivity contribution < 1.29 is 0 Å². The smallest absolute Gasteiger partial charge is 0.227 e. The molecule has 0 aliphatic carbocycles. The van der Waals surface area contributed by atoms with Crippen LogP contribution in [0.25, 0.3) is 0 Å². The normalized spacial score (nSPS) is 10.9. The molecule has 2 aromatic carbocycles. The third-order valence-electron chi connectivity index (χ3n) is 4.57. The van der Waals surface area contributed by atoms with Crippen LogP contribution < -0.4 is 10.2 Å². The lowest BCUT2D eigenvalue weighted by Gasteiger charge is -2.22. The highest BCUT2D eigenvalue weighted by Crippen LogP contribution is 2.22. The van der Waals surface area contributed by atoms with Crippen LogP contribution in [0.4, 0.5) is 17.5 Å². The lowest BCUT2D eigenvalue weighted by molar-refractivity contribution is 0.788. The molecule has 1 N–H and O–H groups in total. The summed E-state index contributed by atoms with van der Waals surface area (Å²) in [5, 5.41) is 3.42. The van der Waals surface area contributed by atoms with Crippen molar-refractivity contribution in [1.29, 1.82) is 0 Å². The van der Waals surface area contributed by atoms with Gasteiger partial charge in [0.15, 0.2) is 0 Å². The number of nitrogens with zero attached hydrogens (tertiary/aromatic N) is 3. The minimum Gasteiger partial charge on any atom is -0.340 e. The number of hydrogen-bond acceptors (Lipinski definition) is 4. The summed E-state index contributed by atoms with van der Waals surface area (Å²) >= 11 is 0. The van der Waals surface area contributed by atoms with Gasteiger partial charge in [0.05, 0.1) is 0 Å². The number of aryl methyl sites for hydroxylation is 1. The van der Waals surface area contributed by atoms with Gasteiger partial charge in [-0.25, -0.2) is 4.98 Å². The lowest BCUT2D eigenvalue weighted by atomic mass is 10.0. The molecule has 0 aliphatic rings. The molecule has 0 bridgehead atoms. The first kappa shape index (κ1) is 18.9. The van der Waals surface area contributed by atoms with E-state index in [-0.39, 0.29) is 0 Å². The second kappa shape index (κ2) is 8.67. The summed E-state index contributed by atoms with van der Waals surface area (Å²) in [6.07, 6.45) is 0. The fourth-order valence-corrected chi connectivity index (χ4v) is 2.99. The zero-order chi connectivity index (χ0) is 19.2. The van der Waals surface area contributed by atoms with Crippen LogP contribution in [0, 0.1) is 6.92 Å². The average Bonchev–Trinajstić information content (AvgIpc) is 2.67. The summed E-state index contributed by atoms with van der Waals surface area (Å²) in [6.45, 7) is 10.2. The standard InChI is InChI=1S/C23H28N4/c1-5-27(16-19-9-7-6-8-10-19)23-24-18(4)15-22(26-23)25-21-13-11-20(12-14-21)17(2)3/h6-15,17H,5,16H2,1-4H3,(H,24,25,26). The van der Waals surface area contributed by atoms with E-state index in [1.54, 1.807) is 0 Å². The first-order chi connectivity index (χ1) is 13.0. The Morgan fingerprint density at radius 3 is 2.30 bits per heavy atom. The first-order valence-corrected chi connectivity index (χ1v) is 9.56. The van der Waals surface area contributed by atoms with Gasteiger partial charge in [-0.05, 0) is 43.0 Å². The number of nitrogens with one attached hydrogen (secondary N) is 1. The summed E-state index contributed by atoms with van der Waals surface area (Å²) in [5.41, 5.74) is 4.57. The van der Waals surface area contributed by atoms with Crippen LogP contribution in [0.1, 0.15) is 43.5 Å². The number of anilines is 3. The average molecular weight is 361 g/mol. The molecule has 3 aromatic rings. The van der Waals surface area contributed by atoms with E-state index in [1.807, 2.05) is 19.1 Å². The molecule has 1 aromatic heterocycles. The van der Waals surface area contributed by atoms with Crippen LogP contribution in [0.15, 0.2) is 60.7 Å². The Kier molecular flexibility index (Phi) is 6.07. The molecule has 0 saturated carbocycles. The predicted octanol–water partition coefficient (Wildman–Crippen LogP) is 5.68. The van der Waals surface area contributed by atoms with Gasteiger partial charge in [0.2, 0.25) is 5.95 Å². The quantitative estimate of drug-likeness (QED) is 0.588. The van der Waals surface area contributed by atoms with E-state index < -0.39 is 0 Å². The molecule has 0 radical (unpaired) electrons. The van der Waals surface area contributed by atoms with Crippen LogP contribution in [0.5, 0.6) is 0 Å². The Morgan fingerprint density at radius 2 is 1.67 bits per heavy atom. The highest BCUT2D eigenvalue weighted by atomic mass is 15.3. The van der Waals surface area contributed by atoms with Crippen molar-refractivity contribution in [2.75, 3.05) is 16.8 Å². The summed E-state index contributed by atoms with van der Waals surface area (Å²) in [6, 6.07) is 20.9. The van der Waals surface area contributed by atoms with Gasteiger partial charge in [0.1, 0.15) is 5.82 Å². The second-order valence-corrected chi connectivity index (χ2v) is 7.10. The maximum Gasteiger partial charge on any atom is 0.227 e. The van der Waals surface area contributed by atoms with E-state index in [0.717, 1.165) is 36.2 Å². The second-order valence-electron chi connectivity index (χ2n) is 7.10. The molecule has 27 heavy (non-hydrogen) atoms. The lowest BCUT2D eigenvalue weighted by Crippen LogP contribution is -2.24. The Hall–Kier alpha value is -2.88. The molecular formula is C23H28N4. The maximum absolute atomic E-state index is 4.76. The van der Waals surface area contributed by atoms with Crippen molar-refractivity contribution >= 4 is 17.5 Å². The molecule has 4 nitrogen and oxygen atoms in total. The summed E-state index contributed by atoms with van der Waals surface area (Å²) in [7, 11) is 0. The van der Waals surface area contributed by atoms with Gasteiger partial charge in [-0.2, -0.15) is 4.98 Å². The van der Waals surface area contributed by atoms with Crippen molar-refractivity contribution in [3.8, 4) is 0 Å². The maximum atomic E-state index is 4.76. The van der Waals surface area contributed by atoms with E-state index in [4.69, 9.17) is 4.98 Å². The van der Waals surface area contributed by atoms with E-state index >= 15 is 0 Å². The van der Waals surface area contributed by atoms with Crippen LogP contribution >= 0.6 is 0 Å². The Bertz CT molecular complexity index is 857. The summed E-state index contributed by atoms with van der Waals surface area (Å²) in [4.78, 5) is 11.6. The van der Waals surface area contributed by atoms with Crippen LogP contribution in [-0.2, 0) is 6.54 Å². The van der Waals surface area contributed by atoms with Gasteiger partial charge in [0, 0.05) is 30.5 Å². The summed E-state index contributed by atoms with van der Waals surface area (Å²) < 4.78 is 0. The third kappa shape index (κ3) is 5.07. The van der Waals surface area contributed by atoms with Crippen LogP contribution in [0.3, 0.4) is 0 Å². The number of aromatic nitrogens is 2. The molecule has 0 atom stereocenters. The van der Waals surface area contributed by atoms with Crippen molar-refractivity contribution in [2.45, 2.75) is 40.2 Å². The molecular weight excluding hydrogens is 332 g/mol. The molecule has 0 saturated heterocycles.